The summed E-state index contributed by atoms with van der Waals surface area (Å²) in [5.74, 6) is -0.907. The Bertz CT molecular complexity index is 1150. The molecule has 5 nitrogen and oxygen atoms in total. The zero-order valence-electron chi connectivity index (χ0n) is 14.7. The first-order chi connectivity index (χ1) is 13.7. The minimum Gasteiger partial charge on any atom is -0.282 e. The van der Waals surface area contributed by atoms with Crippen LogP contribution in [0.2, 0.25) is 0 Å². The second-order valence-electron chi connectivity index (χ2n) is 5.76. The number of rotatable bonds is 5. The lowest BCUT2D eigenvalue weighted by Gasteiger charge is -2.12. The standard InChI is InChI=1S/C19H13BrFIN2O3S2/c1-2-10-24-18(25)16(11-12-4-3-5-15(22)17(12)21)28-19(24)23-29(26,27)14-8-6-13(20)7-9-14/h2-9,11H,1,10H2/b16-11-,23-19+. The molecule has 0 aliphatic carbocycles. The van der Waals surface area contributed by atoms with Crippen molar-refractivity contribution in [2.75, 3.05) is 6.54 Å². The third kappa shape index (κ3) is 4.98. The molecule has 1 fully saturated rings. The number of amidine groups is 1. The Morgan fingerprint density at radius 2 is 1.93 bits per heavy atom. The Hall–Kier alpha value is -1.50. The van der Waals surface area contributed by atoms with Crippen molar-refractivity contribution in [2.24, 2.45) is 4.40 Å². The van der Waals surface area contributed by atoms with Gasteiger partial charge in [0.25, 0.3) is 15.9 Å². The van der Waals surface area contributed by atoms with Gasteiger partial charge in [-0.25, -0.2) is 4.39 Å². The fourth-order valence-corrected chi connectivity index (χ4v) is 5.37. The third-order valence-corrected chi connectivity index (χ3v) is 7.54. The first-order valence-corrected chi connectivity index (χ1v) is 12.2. The van der Waals surface area contributed by atoms with Crippen LogP contribution in [-0.2, 0) is 14.8 Å². The molecule has 150 valence electrons. The topological polar surface area (TPSA) is 66.8 Å². The first-order valence-electron chi connectivity index (χ1n) is 8.10. The number of thioether (sulfide) groups is 1. The molecule has 29 heavy (non-hydrogen) atoms. The van der Waals surface area contributed by atoms with Gasteiger partial charge in [0.15, 0.2) is 5.17 Å². The third-order valence-electron chi connectivity index (χ3n) is 3.78. The molecule has 0 bridgehead atoms. The second kappa shape index (κ2) is 9.11. The summed E-state index contributed by atoms with van der Waals surface area (Å²) in [5, 5.41) is -0.00453. The Balaban J connectivity index is 2.02. The predicted octanol–water partition coefficient (Wildman–Crippen LogP) is 5.04. The highest BCUT2D eigenvalue weighted by Gasteiger charge is 2.34. The Labute approximate surface area is 194 Å². The summed E-state index contributed by atoms with van der Waals surface area (Å²) in [7, 11) is -4.03. The minimum atomic E-state index is -4.03. The highest BCUT2D eigenvalue weighted by molar-refractivity contribution is 14.1. The van der Waals surface area contributed by atoms with E-state index in [1.54, 1.807) is 30.3 Å². The molecule has 1 aliphatic heterocycles. The molecule has 1 saturated heterocycles. The lowest BCUT2D eigenvalue weighted by molar-refractivity contribution is -0.121. The molecule has 0 radical (unpaired) electrons. The van der Waals surface area contributed by atoms with Crippen molar-refractivity contribution in [3.05, 3.63) is 79.4 Å². The van der Waals surface area contributed by atoms with Gasteiger partial charge in [0.1, 0.15) is 5.82 Å². The second-order valence-corrected chi connectivity index (χ2v) is 10.5. The summed E-state index contributed by atoms with van der Waals surface area (Å²) in [4.78, 5) is 14.1. The summed E-state index contributed by atoms with van der Waals surface area (Å²) in [5.41, 5.74) is 0.239. The summed E-state index contributed by atoms with van der Waals surface area (Å²) in [6.07, 6.45) is 2.87. The van der Waals surface area contributed by atoms with E-state index in [4.69, 9.17) is 0 Å². The van der Waals surface area contributed by atoms with Gasteiger partial charge in [0.2, 0.25) is 0 Å². The number of hydrogen-bond acceptors (Lipinski definition) is 4. The number of benzene rings is 2. The van der Waals surface area contributed by atoms with E-state index < -0.39 is 21.7 Å². The van der Waals surface area contributed by atoms with Crippen molar-refractivity contribution in [2.45, 2.75) is 4.90 Å². The van der Waals surface area contributed by atoms with Crippen LogP contribution < -0.4 is 0 Å². The Kier molecular flexibility index (Phi) is 6.97. The Morgan fingerprint density at radius 1 is 1.24 bits per heavy atom. The van der Waals surface area contributed by atoms with Crippen LogP contribution in [0, 0.1) is 9.39 Å². The molecule has 10 heteroatoms. The lowest BCUT2D eigenvalue weighted by Crippen LogP contribution is -2.29. The zero-order chi connectivity index (χ0) is 21.2. The van der Waals surface area contributed by atoms with Crippen molar-refractivity contribution in [3.63, 3.8) is 0 Å². The molecular weight excluding hydrogens is 594 g/mol. The summed E-state index contributed by atoms with van der Waals surface area (Å²) in [6, 6.07) is 10.9. The Morgan fingerprint density at radius 3 is 2.59 bits per heavy atom. The first kappa shape index (κ1) is 22.2. The fraction of sp³-hybridized carbons (Fsp3) is 0.0526. The molecule has 3 rings (SSSR count). The van der Waals surface area contributed by atoms with Gasteiger partial charge in [-0.1, -0.05) is 34.1 Å². The maximum Gasteiger partial charge on any atom is 0.284 e. The molecule has 1 amide bonds. The maximum atomic E-state index is 14.3. The highest BCUT2D eigenvalue weighted by Crippen LogP contribution is 2.34. The van der Waals surface area contributed by atoms with Gasteiger partial charge in [-0.2, -0.15) is 8.42 Å². The molecular formula is C19H13BrFIN2O3S2. The average molecular weight is 607 g/mol. The SMILES string of the molecule is C=CCN1C(=O)/C(=C/c2cccc(I)c2F)S/C1=N/S(=O)(=O)c1ccc(Br)cc1. The zero-order valence-corrected chi connectivity index (χ0v) is 20.1. The van der Waals surface area contributed by atoms with E-state index in [9.17, 15) is 17.6 Å². The van der Waals surface area contributed by atoms with Gasteiger partial charge in [-0.05, 0) is 70.8 Å². The van der Waals surface area contributed by atoms with Crippen LogP contribution in [0.4, 0.5) is 4.39 Å². The van der Waals surface area contributed by atoms with Gasteiger partial charge in [-0.15, -0.1) is 11.0 Å². The van der Waals surface area contributed by atoms with E-state index in [0.717, 1.165) is 16.2 Å². The largest absolute Gasteiger partial charge is 0.284 e. The molecule has 0 spiro atoms. The van der Waals surface area contributed by atoms with Gasteiger partial charge >= 0.3 is 0 Å². The number of halogens is 3. The number of hydrogen-bond donors (Lipinski definition) is 0. The smallest absolute Gasteiger partial charge is 0.282 e. The number of sulfonamides is 1. The van der Waals surface area contributed by atoms with Crippen LogP contribution in [0.1, 0.15) is 5.56 Å². The lowest BCUT2D eigenvalue weighted by atomic mass is 10.2. The van der Waals surface area contributed by atoms with Crippen LogP contribution >= 0.6 is 50.3 Å². The summed E-state index contributed by atoms with van der Waals surface area (Å²) >= 11 is 6.00. The molecule has 0 atom stereocenters. The van der Waals surface area contributed by atoms with Gasteiger partial charge < -0.3 is 0 Å². The molecule has 2 aromatic carbocycles. The van der Waals surface area contributed by atoms with Crippen LogP contribution in [0.3, 0.4) is 0 Å². The number of nitrogens with zero attached hydrogens (tertiary/aromatic N) is 2. The molecule has 0 N–H and O–H groups in total. The normalized spacial score (nSPS) is 17.3. The van der Waals surface area contributed by atoms with Crippen molar-refractivity contribution < 1.29 is 17.6 Å². The van der Waals surface area contributed by atoms with Crippen LogP contribution in [0.5, 0.6) is 0 Å². The monoisotopic (exact) mass is 606 g/mol. The van der Waals surface area contributed by atoms with Crippen LogP contribution in [-0.4, -0.2) is 30.9 Å². The number of carbonyl (C=O) groups is 1. The van der Waals surface area contributed by atoms with Crippen LogP contribution in [0.15, 0.2) is 73.8 Å². The minimum absolute atomic E-state index is 0.000823. The van der Waals surface area contributed by atoms with Gasteiger partial charge in [0.05, 0.1) is 9.80 Å². The van der Waals surface area contributed by atoms with Crippen LogP contribution in [0.25, 0.3) is 6.08 Å². The molecule has 0 aromatic heterocycles. The van der Waals surface area contributed by atoms with E-state index >= 15 is 0 Å². The maximum absolute atomic E-state index is 14.3. The van der Waals surface area contributed by atoms with E-state index in [0.29, 0.717) is 3.57 Å². The van der Waals surface area contributed by atoms with E-state index in [1.807, 2.05) is 22.6 Å². The van der Waals surface area contributed by atoms with E-state index in [1.165, 1.54) is 29.2 Å². The fourth-order valence-electron chi connectivity index (χ4n) is 2.40. The molecule has 0 saturated carbocycles. The van der Waals surface area contributed by atoms with Crippen molar-refractivity contribution in [1.82, 2.24) is 4.90 Å². The van der Waals surface area contributed by atoms with Gasteiger partial charge in [-0.3, -0.25) is 9.69 Å². The number of amides is 1. The van der Waals surface area contributed by atoms with E-state index in [-0.39, 0.29) is 27.1 Å². The summed E-state index contributed by atoms with van der Waals surface area (Å²) in [6.45, 7) is 3.67. The highest BCUT2D eigenvalue weighted by atomic mass is 127. The van der Waals surface area contributed by atoms with Crippen molar-refractivity contribution in [3.8, 4) is 0 Å². The average Bonchev–Trinajstić information content (AvgIpc) is 2.94. The quantitative estimate of drug-likeness (QED) is 0.272. The van der Waals surface area contributed by atoms with E-state index in [2.05, 4.69) is 26.9 Å². The molecule has 2 aromatic rings. The van der Waals surface area contributed by atoms with Gasteiger partial charge in [0, 0.05) is 20.2 Å². The number of carbonyl (C=O) groups excluding carboxylic acids is 1. The van der Waals surface area contributed by atoms with Crippen molar-refractivity contribution >= 4 is 77.5 Å². The predicted molar refractivity (Wildman–Crippen MR) is 125 cm³/mol. The molecule has 1 aliphatic rings. The molecule has 0 unspecified atom stereocenters. The molecule has 1 heterocycles. The summed E-state index contributed by atoms with van der Waals surface area (Å²) < 4.78 is 44.6. The van der Waals surface area contributed by atoms with Crippen molar-refractivity contribution in [1.29, 1.82) is 0 Å².